The van der Waals surface area contributed by atoms with Crippen molar-refractivity contribution < 1.29 is 13.2 Å². The van der Waals surface area contributed by atoms with Crippen molar-refractivity contribution in [2.24, 2.45) is 0 Å². The van der Waals surface area contributed by atoms with E-state index in [0.29, 0.717) is 11.6 Å². The summed E-state index contributed by atoms with van der Waals surface area (Å²) in [6.07, 6.45) is 7.15. The molecule has 0 aliphatic carbocycles. The number of piperidine rings is 1. The Balaban J connectivity index is 1.28. The molecule has 0 amide bonds. The Bertz CT molecular complexity index is 1160. The molecule has 1 fully saturated rings. The van der Waals surface area contributed by atoms with Gasteiger partial charge in [0.15, 0.2) is 0 Å². The minimum atomic E-state index is -3.63. The summed E-state index contributed by atoms with van der Waals surface area (Å²) in [6.45, 7) is 1.85. The van der Waals surface area contributed by atoms with E-state index in [-0.39, 0.29) is 6.10 Å². The Hall–Kier alpha value is -3.03. The standard InChI is InChI=1S/C25H26ClN3O3S/c26-19-21-3-1-20(2-4-21)13-18-33(30,31)28-22-5-7-24(8-6-22)32-25-11-16-29(17-12-25)23-9-14-27-15-10-23/h1-10,13-15,18,25,28H,11-12,16-17,19H2. The zero-order valence-corrected chi connectivity index (χ0v) is 19.7. The number of ether oxygens (including phenoxy) is 1. The second-order valence-corrected chi connectivity index (χ2v) is 9.69. The van der Waals surface area contributed by atoms with E-state index in [2.05, 4.69) is 14.6 Å². The molecule has 1 aromatic heterocycles. The van der Waals surface area contributed by atoms with Crippen molar-refractivity contribution >= 4 is 39.1 Å². The number of aromatic nitrogens is 1. The molecule has 0 atom stereocenters. The molecule has 1 aliphatic heterocycles. The summed E-state index contributed by atoms with van der Waals surface area (Å²) in [5.41, 5.74) is 3.43. The maximum absolute atomic E-state index is 12.4. The number of hydrogen-bond donors (Lipinski definition) is 1. The van der Waals surface area contributed by atoms with E-state index >= 15 is 0 Å². The molecule has 2 heterocycles. The summed E-state index contributed by atoms with van der Waals surface area (Å²) in [5.74, 6) is 1.16. The molecule has 0 saturated carbocycles. The van der Waals surface area contributed by atoms with Crippen LogP contribution >= 0.6 is 11.6 Å². The lowest BCUT2D eigenvalue weighted by atomic mass is 10.1. The summed E-state index contributed by atoms with van der Waals surface area (Å²) >= 11 is 5.78. The van der Waals surface area contributed by atoms with Crippen molar-refractivity contribution in [2.45, 2.75) is 24.8 Å². The number of nitrogens with zero attached hydrogens (tertiary/aromatic N) is 2. The van der Waals surface area contributed by atoms with Gasteiger partial charge in [-0.15, -0.1) is 11.6 Å². The van der Waals surface area contributed by atoms with Crippen molar-refractivity contribution in [2.75, 3.05) is 22.7 Å². The fourth-order valence-corrected chi connectivity index (χ4v) is 4.71. The van der Waals surface area contributed by atoms with Crippen LogP contribution in [0.15, 0.2) is 78.5 Å². The number of alkyl halides is 1. The molecule has 0 spiro atoms. The highest BCUT2D eigenvalue weighted by molar-refractivity contribution is 7.95. The van der Waals surface area contributed by atoms with Crippen LogP contribution in [0.4, 0.5) is 11.4 Å². The molecule has 3 aromatic rings. The molecule has 1 saturated heterocycles. The molecule has 0 unspecified atom stereocenters. The number of hydrogen-bond acceptors (Lipinski definition) is 5. The summed E-state index contributed by atoms with van der Waals surface area (Å²) in [6, 6.07) is 18.5. The monoisotopic (exact) mass is 483 g/mol. The van der Waals surface area contributed by atoms with Gasteiger partial charge in [0.25, 0.3) is 10.0 Å². The quantitative estimate of drug-likeness (QED) is 0.441. The predicted molar refractivity (Wildman–Crippen MR) is 134 cm³/mol. The Morgan fingerprint density at radius 1 is 1.00 bits per heavy atom. The Morgan fingerprint density at radius 2 is 1.67 bits per heavy atom. The SMILES string of the molecule is O=S(=O)(C=Cc1ccc(CCl)cc1)Nc1ccc(OC2CCN(c3ccncc3)CC2)cc1. The van der Waals surface area contributed by atoms with Crippen LogP contribution in [-0.2, 0) is 15.9 Å². The van der Waals surface area contributed by atoms with E-state index in [1.165, 1.54) is 5.69 Å². The number of rotatable bonds is 8. The van der Waals surface area contributed by atoms with Crippen LogP contribution in [-0.4, -0.2) is 32.6 Å². The third kappa shape index (κ3) is 6.73. The molecule has 8 heteroatoms. The fraction of sp³-hybridized carbons (Fsp3) is 0.240. The van der Waals surface area contributed by atoms with Gasteiger partial charge in [0.1, 0.15) is 11.9 Å². The van der Waals surface area contributed by atoms with E-state index in [0.717, 1.165) is 48.2 Å². The predicted octanol–water partition coefficient (Wildman–Crippen LogP) is 5.28. The first-order valence-electron chi connectivity index (χ1n) is 10.8. The van der Waals surface area contributed by atoms with Crippen LogP contribution in [0.5, 0.6) is 5.75 Å². The van der Waals surface area contributed by atoms with Gasteiger partial charge in [0.05, 0.1) is 5.41 Å². The normalized spacial score (nSPS) is 15.0. The minimum Gasteiger partial charge on any atom is -0.490 e. The second kappa shape index (κ2) is 10.7. The van der Waals surface area contributed by atoms with Gasteiger partial charge < -0.3 is 9.64 Å². The Kier molecular flexibility index (Phi) is 7.52. The lowest BCUT2D eigenvalue weighted by Gasteiger charge is -2.33. The van der Waals surface area contributed by atoms with Crippen LogP contribution in [0.2, 0.25) is 0 Å². The maximum Gasteiger partial charge on any atom is 0.255 e. The Labute approximate surface area is 199 Å². The largest absolute Gasteiger partial charge is 0.490 e. The van der Waals surface area contributed by atoms with Gasteiger partial charge in [0, 0.05) is 55.6 Å². The molecule has 4 rings (SSSR count). The van der Waals surface area contributed by atoms with Crippen LogP contribution < -0.4 is 14.4 Å². The average molecular weight is 484 g/mol. The highest BCUT2D eigenvalue weighted by atomic mass is 35.5. The van der Waals surface area contributed by atoms with E-state index < -0.39 is 10.0 Å². The first-order valence-corrected chi connectivity index (χ1v) is 12.9. The van der Waals surface area contributed by atoms with Crippen molar-refractivity contribution in [3.8, 4) is 5.75 Å². The van der Waals surface area contributed by atoms with Crippen LogP contribution in [0, 0.1) is 0 Å². The van der Waals surface area contributed by atoms with E-state index in [9.17, 15) is 8.42 Å². The molecular formula is C25H26ClN3O3S. The molecule has 172 valence electrons. The zero-order valence-electron chi connectivity index (χ0n) is 18.1. The summed E-state index contributed by atoms with van der Waals surface area (Å²) < 4.78 is 33.4. The van der Waals surface area contributed by atoms with Crippen molar-refractivity contribution in [3.63, 3.8) is 0 Å². The van der Waals surface area contributed by atoms with Crippen molar-refractivity contribution in [1.82, 2.24) is 4.98 Å². The van der Waals surface area contributed by atoms with Gasteiger partial charge in [-0.05, 0) is 53.6 Å². The third-order valence-electron chi connectivity index (χ3n) is 5.46. The summed E-state index contributed by atoms with van der Waals surface area (Å²) in [7, 11) is -3.63. The summed E-state index contributed by atoms with van der Waals surface area (Å²) in [4.78, 5) is 6.40. The van der Waals surface area contributed by atoms with Gasteiger partial charge in [-0.3, -0.25) is 9.71 Å². The highest BCUT2D eigenvalue weighted by Crippen LogP contribution is 2.24. The first-order chi connectivity index (χ1) is 16.0. The first kappa shape index (κ1) is 23.1. The number of nitrogens with one attached hydrogen (secondary N) is 1. The maximum atomic E-state index is 12.4. The van der Waals surface area contributed by atoms with Crippen LogP contribution in [0.1, 0.15) is 24.0 Å². The van der Waals surface area contributed by atoms with E-state index in [1.54, 1.807) is 30.3 Å². The topological polar surface area (TPSA) is 71.5 Å². The van der Waals surface area contributed by atoms with Gasteiger partial charge in [-0.1, -0.05) is 24.3 Å². The lowest BCUT2D eigenvalue weighted by molar-refractivity contribution is 0.171. The van der Waals surface area contributed by atoms with Gasteiger partial charge in [-0.2, -0.15) is 0 Å². The molecule has 1 aliphatic rings. The number of halogens is 1. The fourth-order valence-electron chi connectivity index (χ4n) is 3.66. The lowest BCUT2D eigenvalue weighted by Crippen LogP contribution is -2.38. The van der Waals surface area contributed by atoms with E-state index in [1.807, 2.05) is 48.8 Å². The number of sulfonamides is 1. The van der Waals surface area contributed by atoms with Gasteiger partial charge >= 0.3 is 0 Å². The molecule has 0 bridgehead atoms. The average Bonchev–Trinajstić information content (AvgIpc) is 2.85. The second-order valence-electron chi connectivity index (χ2n) is 7.86. The zero-order chi connectivity index (χ0) is 23.1. The molecule has 33 heavy (non-hydrogen) atoms. The number of benzene rings is 2. The van der Waals surface area contributed by atoms with Crippen LogP contribution in [0.25, 0.3) is 6.08 Å². The minimum absolute atomic E-state index is 0.138. The van der Waals surface area contributed by atoms with Gasteiger partial charge in [0.2, 0.25) is 0 Å². The van der Waals surface area contributed by atoms with Crippen molar-refractivity contribution in [3.05, 3.63) is 89.6 Å². The Morgan fingerprint density at radius 3 is 2.30 bits per heavy atom. The van der Waals surface area contributed by atoms with Crippen molar-refractivity contribution in [1.29, 1.82) is 0 Å². The molecule has 2 aromatic carbocycles. The summed E-state index contributed by atoms with van der Waals surface area (Å²) in [5, 5.41) is 1.16. The molecule has 0 radical (unpaired) electrons. The number of anilines is 2. The van der Waals surface area contributed by atoms with Gasteiger partial charge in [-0.25, -0.2) is 8.42 Å². The molecule has 1 N–H and O–H groups in total. The highest BCUT2D eigenvalue weighted by Gasteiger charge is 2.20. The number of pyridine rings is 1. The smallest absolute Gasteiger partial charge is 0.255 e. The third-order valence-corrected chi connectivity index (χ3v) is 6.78. The van der Waals surface area contributed by atoms with Crippen LogP contribution in [0.3, 0.4) is 0 Å². The molecule has 6 nitrogen and oxygen atoms in total. The van der Waals surface area contributed by atoms with E-state index in [4.69, 9.17) is 16.3 Å². The molecular weight excluding hydrogens is 458 g/mol.